The highest BCUT2D eigenvalue weighted by atomic mass is 32.1. The topological polar surface area (TPSA) is 70.3 Å². The van der Waals surface area contributed by atoms with E-state index < -0.39 is 0 Å². The van der Waals surface area contributed by atoms with Gasteiger partial charge >= 0.3 is 0 Å². The average molecular weight is 229 g/mol. The minimum absolute atomic E-state index is 0.0197. The lowest BCUT2D eigenvalue weighted by molar-refractivity contribution is 0.0341. The van der Waals surface area contributed by atoms with Crippen LogP contribution in [0.15, 0.2) is 0 Å². The highest BCUT2D eigenvalue weighted by molar-refractivity contribution is 7.16. The van der Waals surface area contributed by atoms with Gasteiger partial charge < -0.3 is 15.2 Å². The minimum atomic E-state index is -0.0197. The van der Waals surface area contributed by atoms with Crippen LogP contribution in [-0.4, -0.2) is 29.0 Å². The van der Waals surface area contributed by atoms with Gasteiger partial charge in [0.1, 0.15) is 0 Å². The molecule has 0 bridgehead atoms. The van der Waals surface area contributed by atoms with Gasteiger partial charge in [-0.2, -0.15) is 0 Å². The molecule has 1 fully saturated rings. The Balaban J connectivity index is 1.80. The van der Waals surface area contributed by atoms with Crippen LogP contribution in [0.25, 0.3) is 0 Å². The van der Waals surface area contributed by atoms with E-state index in [0.29, 0.717) is 22.9 Å². The SMILES string of the molecule is CC1(C)CC(COc2nnc(N)s2)CO1. The summed E-state index contributed by atoms with van der Waals surface area (Å²) in [4.78, 5) is 0. The standard InChI is InChI=1S/C9H15N3O2S/c1-9(2)3-6(5-14-9)4-13-8-12-11-7(10)15-8/h6H,3-5H2,1-2H3,(H2,10,11). The van der Waals surface area contributed by atoms with Crippen LogP contribution in [0.4, 0.5) is 5.13 Å². The van der Waals surface area contributed by atoms with Crippen molar-refractivity contribution in [3.05, 3.63) is 0 Å². The van der Waals surface area contributed by atoms with Gasteiger partial charge in [-0.25, -0.2) is 0 Å². The lowest BCUT2D eigenvalue weighted by Gasteiger charge is -2.15. The van der Waals surface area contributed by atoms with Gasteiger partial charge in [0.25, 0.3) is 5.19 Å². The number of hydrogen-bond acceptors (Lipinski definition) is 6. The Bertz CT molecular complexity index is 340. The van der Waals surface area contributed by atoms with E-state index in [4.69, 9.17) is 15.2 Å². The Kier molecular flexibility index (Phi) is 2.79. The van der Waals surface area contributed by atoms with Gasteiger partial charge in [-0.15, -0.1) is 5.10 Å². The number of nitrogens with two attached hydrogens (primary N) is 1. The second kappa shape index (κ2) is 3.94. The van der Waals surface area contributed by atoms with Gasteiger partial charge in [0, 0.05) is 5.92 Å². The maximum absolute atomic E-state index is 5.61. The van der Waals surface area contributed by atoms with Gasteiger partial charge in [-0.05, 0) is 31.6 Å². The largest absolute Gasteiger partial charge is 0.469 e. The highest BCUT2D eigenvalue weighted by Gasteiger charge is 2.32. The Labute approximate surface area is 92.6 Å². The summed E-state index contributed by atoms with van der Waals surface area (Å²) < 4.78 is 11.1. The van der Waals surface area contributed by atoms with Crippen LogP contribution in [0, 0.1) is 5.92 Å². The van der Waals surface area contributed by atoms with Crippen LogP contribution >= 0.6 is 11.3 Å². The molecule has 6 heteroatoms. The Hall–Kier alpha value is -0.880. The first-order valence-electron chi connectivity index (χ1n) is 4.91. The van der Waals surface area contributed by atoms with E-state index in [1.807, 2.05) is 0 Å². The normalized spacial score (nSPS) is 24.3. The summed E-state index contributed by atoms with van der Waals surface area (Å²) in [5.74, 6) is 0.435. The molecule has 1 aliphatic rings. The van der Waals surface area contributed by atoms with Crippen molar-refractivity contribution in [2.24, 2.45) is 5.92 Å². The quantitative estimate of drug-likeness (QED) is 0.846. The van der Waals surface area contributed by atoms with E-state index in [2.05, 4.69) is 24.0 Å². The fraction of sp³-hybridized carbons (Fsp3) is 0.778. The summed E-state index contributed by atoms with van der Waals surface area (Å²) in [6.07, 6.45) is 1.02. The Morgan fingerprint density at radius 1 is 1.60 bits per heavy atom. The van der Waals surface area contributed by atoms with Gasteiger partial charge in [-0.3, -0.25) is 0 Å². The van der Waals surface area contributed by atoms with Gasteiger partial charge in [0.2, 0.25) is 5.13 Å². The smallest absolute Gasteiger partial charge is 0.295 e. The van der Waals surface area contributed by atoms with Crippen molar-refractivity contribution < 1.29 is 9.47 Å². The van der Waals surface area contributed by atoms with Gasteiger partial charge in [-0.1, -0.05) is 5.10 Å². The molecule has 5 nitrogen and oxygen atoms in total. The van der Waals surface area contributed by atoms with Crippen LogP contribution in [-0.2, 0) is 4.74 Å². The van der Waals surface area contributed by atoms with E-state index in [1.54, 1.807) is 0 Å². The number of nitrogen functional groups attached to an aromatic ring is 1. The first kappa shape index (κ1) is 10.6. The lowest BCUT2D eigenvalue weighted by Crippen LogP contribution is -2.18. The molecule has 1 atom stereocenters. The zero-order valence-corrected chi connectivity index (χ0v) is 9.71. The summed E-state index contributed by atoms with van der Waals surface area (Å²) in [6.45, 7) is 5.56. The summed E-state index contributed by atoms with van der Waals surface area (Å²) in [5, 5.41) is 8.45. The van der Waals surface area contributed by atoms with Crippen molar-refractivity contribution in [3.63, 3.8) is 0 Å². The minimum Gasteiger partial charge on any atom is -0.469 e. The maximum atomic E-state index is 5.61. The van der Waals surface area contributed by atoms with Crippen molar-refractivity contribution in [2.75, 3.05) is 18.9 Å². The van der Waals surface area contributed by atoms with Crippen LogP contribution in [0.2, 0.25) is 0 Å². The Morgan fingerprint density at radius 2 is 2.40 bits per heavy atom. The maximum Gasteiger partial charge on any atom is 0.295 e. The van der Waals surface area contributed by atoms with Crippen molar-refractivity contribution in [3.8, 4) is 5.19 Å². The first-order chi connectivity index (χ1) is 7.05. The number of anilines is 1. The van der Waals surface area contributed by atoms with Crippen molar-refractivity contribution in [1.29, 1.82) is 0 Å². The molecule has 0 saturated carbocycles. The second-order valence-electron chi connectivity index (χ2n) is 4.36. The highest BCUT2D eigenvalue weighted by Crippen LogP contribution is 2.30. The van der Waals surface area contributed by atoms with E-state index >= 15 is 0 Å². The lowest BCUT2D eigenvalue weighted by atomic mass is 9.99. The fourth-order valence-corrected chi connectivity index (χ4v) is 2.20. The third-order valence-electron chi connectivity index (χ3n) is 2.35. The molecule has 1 aliphatic heterocycles. The molecular weight excluding hydrogens is 214 g/mol. The van der Waals surface area contributed by atoms with Crippen molar-refractivity contribution in [1.82, 2.24) is 10.2 Å². The fourth-order valence-electron chi connectivity index (χ4n) is 1.73. The summed E-state index contributed by atoms with van der Waals surface area (Å²) >= 11 is 1.26. The summed E-state index contributed by atoms with van der Waals surface area (Å²) in [5.41, 5.74) is 5.43. The van der Waals surface area contributed by atoms with Crippen LogP contribution < -0.4 is 10.5 Å². The number of hydrogen-bond donors (Lipinski definition) is 1. The third kappa shape index (κ3) is 2.79. The molecule has 15 heavy (non-hydrogen) atoms. The molecule has 1 aromatic rings. The predicted octanol–water partition coefficient (Wildman–Crippen LogP) is 1.31. The van der Waals surface area contributed by atoms with Crippen LogP contribution in [0.3, 0.4) is 0 Å². The number of ether oxygens (including phenoxy) is 2. The number of nitrogens with zero attached hydrogens (tertiary/aromatic N) is 2. The molecule has 0 amide bonds. The monoisotopic (exact) mass is 229 g/mol. The van der Waals surface area contributed by atoms with Crippen molar-refractivity contribution in [2.45, 2.75) is 25.9 Å². The number of rotatable bonds is 3. The molecular formula is C9H15N3O2S. The van der Waals surface area contributed by atoms with E-state index in [-0.39, 0.29) is 5.60 Å². The van der Waals surface area contributed by atoms with E-state index in [1.165, 1.54) is 11.3 Å². The zero-order chi connectivity index (χ0) is 10.9. The second-order valence-corrected chi connectivity index (χ2v) is 5.33. The molecule has 2 rings (SSSR count). The predicted molar refractivity (Wildman–Crippen MR) is 58.0 cm³/mol. The molecule has 0 spiro atoms. The van der Waals surface area contributed by atoms with Crippen LogP contribution in [0.1, 0.15) is 20.3 Å². The van der Waals surface area contributed by atoms with Gasteiger partial charge in [0.15, 0.2) is 0 Å². The average Bonchev–Trinajstić information content (AvgIpc) is 2.69. The molecule has 0 aromatic carbocycles. The summed E-state index contributed by atoms with van der Waals surface area (Å²) in [7, 11) is 0. The first-order valence-corrected chi connectivity index (χ1v) is 5.72. The van der Waals surface area contributed by atoms with E-state index in [9.17, 15) is 0 Å². The molecule has 1 saturated heterocycles. The third-order valence-corrected chi connectivity index (χ3v) is 3.02. The van der Waals surface area contributed by atoms with Crippen molar-refractivity contribution >= 4 is 16.5 Å². The zero-order valence-electron chi connectivity index (χ0n) is 8.90. The molecule has 1 unspecified atom stereocenters. The van der Waals surface area contributed by atoms with Crippen LogP contribution in [0.5, 0.6) is 5.19 Å². The van der Waals surface area contributed by atoms with Gasteiger partial charge in [0.05, 0.1) is 18.8 Å². The molecule has 84 valence electrons. The molecule has 2 N–H and O–H groups in total. The Morgan fingerprint density at radius 3 is 2.93 bits per heavy atom. The molecule has 0 aliphatic carbocycles. The van der Waals surface area contributed by atoms with E-state index in [0.717, 1.165) is 13.0 Å². The molecule has 2 heterocycles. The number of aromatic nitrogens is 2. The molecule has 1 aromatic heterocycles. The summed E-state index contributed by atoms with van der Waals surface area (Å²) in [6, 6.07) is 0. The molecule has 0 radical (unpaired) electrons.